The average molecular weight is 913 g/mol. The van der Waals surface area contributed by atoms with Gasteiger partial charge in [0.2, 0.25) is 0 Å². The quantitative estimate of drug-likeness (QED) is 0.0603. The highest BCUT2D eigenvalue weighted by Gasteiger charge is 2.05. The fraction of sp³-hybridized carbons (Fsp3) is 1.00. The number of quaternary nitrogens is 6. The zero-order valence-corrected chi connectivity index (χ0v) is 40.4. The van der Waals surface area contributed by atoms with Gasteiger partial charge in [-0.15, -0.1) is 0 Å². The van der Waals surface area contributed by atoms with Gasteiger partial charge in [-0.1, -0.05) is 0 Å². The molecule has 6 N–H and O–H groups in total. The van der Waals surface area contributed by atoms with E-state index < -0.39 is 31.2 Å². The predicted octanol–water partition coefficient (Wildman–Crippen LogP) is -5.90. The molecule has 0 aromatic heterocycles. The monoisotopic (exact) mass is 913 g/mol. The second-order valence-electron chi connectivity index (χ2n) is 17.6. The molecule has 27 heteroatoms. The molecule has 0 saturated heterocycles. The first kappa shape index (κ1) is 76.8. The third-order valence-electron chi connectivity index (χ3n) is 4.62. The topological polar surface area (TPSA) is 362 Å². The van der Waals surface area contributed by atoms with Crippen LogP contribution in [0.25, 0.3) is 0 Å². The van der Waals surface area contributed by atoms with Crippen molar-refractivity contribution in [2.24, 2.45) is 0 Å². The summed E-state index contributed by atoms with van der Waals surface area (Å²) in [5, 5.41) is 50.3. The van der Waals surface area contributed by atoms with Crippen molar-refractivity contribution in [3.63, 3.8) is 0 Å². The predicted molar refractivity (Wildman–Crippen MR) is 211 cm³/mol. The molecular weight excluding hydrogens is 829 g/mol. The maximum absolute atomic E-state index is 8.52. The number of likely N-dealkylation sites (N-methyl/N-ethyl adjacent to an activating group) is 6. The van der Waals surface area contributed by atoms with E-state index in [4.69, 9.17) is 83.2 Å². The van der Waals surface area contributed by atoms with Crippen LogP contribution >= 0.6 is 0 Å². The van der Waals surface area contributed by atoms with E-state index in [0.717, 1.165) is 66.2 Å². The molecule has 0 fully saturated rings. The van der Waals surface area contributed by atoms with E-state index in [0.29, 0.717) is 0 Å². The summed E-state index contributed by atoms with van der Waals surface area (Å²) in [6, 6.07) is 0. The Kier molecular flexibility index (Phi) is 51.3. The van der Waals surface area contributed by atoms with Crippen LogP contribution < -0.4 is 0 Å². The first-order chi connectivity index (χ1) is 24.4. The lowest BCUT2D eigenvalue weighted by atomic mass is 10.5. The van der Waals surface area contributed by atoms with Gasteiger partial charge < -0.3 is 84.9 Å². The van der Waals surface area contributed by atoms with Crippen molar-refractivity contribution in [2.75, 3.05) is 206 Å². The Hall–Kier alpha value is -0.870. The second-order valence-corrected chi connectivity index (χ2v) is 20.1. The lowest BCUT2D eigenvalue weighted by molar-refractivity contribution is -0.870. The molecule has 0 amide bonds. The van der Waals surface area contributed by atoms with Crippen LogP contribution in [0.3, 0.4) is 0 Å². The molecule has 0 heterocycles. The van der Waals surface area contributed by atoms with Gasteiger partial charge >= 0.3 is 0 Å². The number of rotatable bonds is 12. The van der Waals surface area contributed by atoms with Crippen LogP contribution in [0.2, 0.25) is 0 Å². The molecule has 0 aliphatic heterocycles. The van der Waals surface area contributed by atoms with E-state index in [1.165, 1.54) is 0 Å². The van der Waals surface area contributed by atoms with Crippen molar-refractivity contribution >= 4 is 31.2 Å². The fourth-order valence-corrected chi connectivity index (χ4v) is 1.80. The maximum atomic E-state index is 8.52. The van der Waals surface area contributed by atoms with Crippen LogP contribution in [0.15, 0.2) is 0 Å². The van der Waals surface area contributed by atoms with Crippen molar-refractivity contribution in [2.45, 2.75) is 0 Å². The van der Waals surface area contributed by atoms with Crippen LogP contribution in [-0.4, -0.2) is 316 Å². The summed E-state index contributed by atoms with van der Waals surface area (Å²) >= 11 is 0. The highest BCUT2D eigenvalue weighted by molar-refractivity contribution is 7.80. The zero-order valence-electron chi connectivity index (χ0n) is 38.0. The standard InChI is InChI=1S/6C5H14NO.3H2O4S/c6*1-6(2,3)4-5-7;3*1-5(2,3)4/h6*7H,4-5H2,1-3H3;3*(H2,1,2,3,4)/q6*+1;;;/p-6. The number of aliphatic hydroxyl groups excluding tert-OH is 6. The maximum Gasteiger partial charge on any atom is 0.101 e. The van der Waals surface area contributed by atoms with E-state index in [9.17, 15) is 0 Å². The van der Waals surface area contributed by atoms with Crippen LogP contribution in [0.5, 0.6) is 0 Å². The van der Waals surface area contributed by atoms with Gasteiger partial charge in [0.05, 0.1) is 166 Å². The lowest BCUT2D eigenvalue weighted by Gasteiger charge is -2.21. The summed E-state index contributed by atoms with van der Waals surface area (Å²) in [7, 11) is 21.4. The summed E-state index contributed by atoms with van der Waals surface area (Å²) in [5.74, 6) is 0. The van der Waals surface area contributed by atoms with Crippen molar-refractivity contribution in [3.8, 4) is 0 Å². The Morgan fingerprint density at radius 1 is 0.263 bits per heavy atom. The highest BCUT2D eigenvalue weighted by Crippen LogP contribution is 1.87. The normalized spacial score (nSPS) is 11.9. The van der Waals surface area contributed by atoms with Gasteiger partial charge in [-0.05, 0) is 0 Å². The molecular formula is C30H84N6O18S3. The molecule has 0 atom stereocenters. The van der Waals surface area contributed by atoms with Gasteiger partial charge in [-0.25, -0.2) is 0 Å². The van der Waals surface area contributed by atoms with Crippen LogP contribution in [0.4, 0.5) is 0 Å². The van der Waals surface area contributed by atoms with Crippen molar-refractivity contribution < 1.29 is 110 Å². The molecule has 0 aromatic rings. The zero-order chi connectivity index (χ0) is 49.0. The third-order valence-corrected chi connectivity index (χ3v) is 4.62. The average Bonchev–Trinajstić information content (AvgIpc) is 2.78. The minimum absolute atomic E-state index is 0.281. The van der Waals surface area contributed by atoms with Crippen molar-refractivity contribution in [3.05, 3.63) is 0 Å². The number of nitrogens with zero attached hydrogens (tertiary/aromatic N) is 6. The minimum atomic E-state index is -5.17. The first-order valence-corrected chi connectivity index (χ1v) is 20.8. The first-order valence-electron chi connectivity index (χ1n) is 16.8. The Balaban J connectivity index is -0.0000000652. The van der Waals surface area contributed by atoms with Crippen molar-refractivity contribution in [1.29, 1.82) is 0 Å². The Labute approximate surface area is 346 Å². The van der Waals surface area contributed by atoms with E-state index in [2.05, 4.69) is 127 Å². The highest BCUT2D eigenvalue weighted by atomic mass is 32.3. The van der Waals surface area contributed by atoms with Gasteiger partial charge in [-0.3, -0.25) is 25.3 Å². The van der Waals surface area contributed by atoms with Crippen LogP contribution in [0.1, 0.15) is 0 Å². The molecule has 360 valence electrons. The number of aliphatic hydroxyl groups is 6. The van der Waals surface area contributed by atoms with Crippen molar-refractivity contribution in [1.82, 2.24) is 0 Å². The van der Waals surface area contributed by atoms with Gasteiger partial charge in [0.15, 0.2) is 0 Å². The van der Waals surface area contributed by atoms with Crippen LogP contribution in [-0.2, 0) is 31.2 Å². The fourth-order valence-electron chi connectivity index (χ4n) is 1.80. The number of hydrogen-bond acceptors (Lipinski definition) is 18. The Morgan fingerprint density at radius 3 is 0.316 bits per heavy atom. The van der Waals surface area contributed by atoms with Gasteiger partial charge in [-0.2, -0.15) is 0 Å². The smallest absolute Gasteiger partial charge is 0.101 e. The van der Waals surface area contributed by atoms with E-state index in [1.54, 1.807) is 0 Å². The summed E-state index contributed by atoms with van der Waals surface area (Å²) < 4.78 is 107. The molecule has 0 saturated carbocycles. The van der Waals surface area contributed by atoms with Gasteiger partial charge in [0.25, 0.3) is 0 Å². The molecule has 0 aromatic carbocycles. The number of hydrogen-bond donors (Lipinski definition) is 6. The second kappa shape index (κ2) is 38.1. The SMILES string of the molecule is C[N+](C)(C)CCO.C[N+](C)(C)CCO.C[N+](C)(C)CCO.C[N+](C)(C)CCO.C[N+](C)(C)CCO.C[N+](C)(C)CCO.O=S(=O)([O-])[O-].O=S(=O)([O-])[O-].O=S(=O)([O-])[O-]. The van der Waals surface area contributed by atoms with E-state index >= 15 is 0 Å². The molecule has 0 rings (SSSR count). The van der Waals surface area contributed by atoms with Crippen LogP contribution in [0, 0.1) is 0 Å². The molecule has 0 bridgehead atoms. The molecule has 0 unspecified atom stereocenters. The summed E-state index contributed by atoms with van der Waals surface area (Å²) in [5.41, 5.74) is 0. The largest absolute Gasteiger partial charge is 0.759 e. The third kappa shape index (κ3) is 291. The lowest BCUT2D eigenvalue weighted by Crippen LogP contribution is -2.36. The van der Waals surface area contributed by atoms with E-state index in [1.807, 2.05) is 0 Å². The molecule has 24 nitrogen and oxygen atoms in total. The Morgan fingerprint density at radius 2 is 0.316 bits per heavy atom. The summed E-state index contributed by atoms with van der Waals surface area (Å²) in [6.07, 6.45) is 0. The van der Waals surface area contributed by atoms with Gasteiger partial charge in [0, 0.05) is 31.2 Å². The minimum Gasteiger partial charge on any atom is -0.759 e. The molecule has 0 aliphatic rings. The Bertz CT molecular complexity index is 952. The molecule has 0 radical (unpaired) electrons. The van der Waals surface area contributed by atoms with E-state index in [-0.39, 0.29) is 39.6 Å². The summed E-state index contributed by atoms with van der Waals surface area (Å²) in [6.45, 7) is 6.69. The summed E-state index contributed by atoms with van der Waals surface area (Å²) in [4.78, 5) is 0. The molecule has 57 heavy (non-hydrogen) atoms. The van der Waals surface area contributed by atoms with Gasteiger partial charge in [0.1, 0.15) is 39.3 Å². The molecule has 0 spiro atoms. The molecule has 0 aliphatic carbocycles.